The molecule has 2 fully saturated rings. The Hall–Kier alpha value is -2.33. The van der Waals surface area contributed by atoms with Crippen molar-refractivity contribution in [1.82, 2.24) is 9.62 Å². The molecule has 0 bridgehead atoms. The lowest BCUT2D eigenvalue weighted by Crippen LogP contribution is -2.70. The number of nitrogens with zero attached hydrogens (tertiary/aromatic N) is 2. The standard InChI is InChI=1S/C22H33N3O6S/c1-22(21(27)23-16-9-7-5-6-8-10-16)15-24(32(4,28)29)14-20(26)25(22)18-12-11-17(30-2)13-19(18)31-3/h11-13,16H,5-10,14-15H2,1-4H3,(H,23,27)/t22-/m0/s1. The summed E-state index contributed by atoms with van der Waals surface area (Å²) in [4.78, 5) is 28.3. The first-order valence-electron chi connectivity index (χ1n) is 10.9. The van der Waals surface area contributed by atoms with Gasteiger partial charge >= 0.3 is 0 Å². The molecule has 2 amide bonds. The third kappa shape index (κ3) is 5.01. The fourth-order valence-corrected chi connectivity index (χ4v) is 5.34. The molecule has 0 aromatic heterocycles. The van der Waals surface area contributed by atoms with E-state index in [-0.39, 0.29) is 25.0 Å². The predicted molar refractivity (Wildman–Crippen MR) is 121 cm³/mol. The number of carbonyl (C=O) groups is 2. The minimum atomic E-state index is -3.68. The summed E-state index contributed by atoms with van der Waals surface area (Å²) in [5, 5.41) is 3.10. The minimum Gasteiger partial charge on any atom is -0.497 e. The summed E-state index contributed by atoms with van der Waals surface area (Å²) < 4.78 is 36.4. The van der Waals surface area contributed by atoms with Crippen LogP contribution in [0.25, 0.3) is 0 Å². The summed E-state index contributed by atoms with van der Waals surface area (Å²) >= 11 is 0. The molecule has 2 aliphatic rings. The van der Waals surface area contributed by atoms with E-state index < -0.39 is 21.5 Å². The van der Waals surface area contributed by atoms with Crippen LogP contribution >= 0.6 is 0 Å². The molecular formula is C22H33N3O6S. The van der Waals surface area contributed by atoms with Gasteiger partial charge in [0.25, 0.3) is 0 Å². The third-order valence-corrected chi connectivity index (χ3v) is 7.51. The van der Waals surface area contributed by atoms with E-state index in [4.69, 9.17) is 9.47 Å². The van der Waals surface area contributed by atoms with Crippen molar-refractivity contribution in [2.24, 2.45) is 0 Å². The second kappa shape index (κ2) is 9.66. The van der Waals surface area contributed by atoms with Crippen LogP contribution < -0.4 is 19.7 Å². The lowest BCUT2D eigenvalue weighted by Gasteiger charge is -2.47. The number of rotatable bonds is 6. The summed E-state index contributed by atoms with van der Waals surface area (Å²) in [7, 11) is -0.686. The lowest BCUT2D eigenvalue weighted by molar-refractivity contribution is -0.133. The summed E-state index contributed by atoms with van der Waals surface area (Å²) in [6, 6.07) is 4.97. The molecular weight excluding hydrogens is 434 g/mol. The molecule has 1 aromatic rings. The topological polar surface area (TPSA) is 105 Å². The van der Waals surface area contributed by atoms with E-state index in [0.29, 0.717) is 17.2 Å². The summed E-state index contributed by atoms with van der Waals surface area (Å²) in [5.74, 6) is 0.0315. The molecule has 0 spiro atoms. The van der Waals surface area contributed by atoms with Crippen molar-refractivity contribution >= 4 is 27.5 Å². The molecule has 0 unspecified atom stereocenters. The first-order chi connectivity index (χ1) is 15.1. The summed E-state index contributed by atoms with van der Waals surface area (Å²) in [6.07, 6.45) is 7.14. The van der Waals surface area contributed by atoms with Crippen LogP contribution in [0.3, 0.4) is 0 Å². The Morgan fingerprint density at radius 3 is 2.34 bits per heavy atom. The average molecular weight is 468 g/mol. The molecule has 9 nitrogen and oxygen atoms in total. The Morgan fingerprint density at radius 2 is 1.78 bits per heavy atom. The van der Waals surface area contributed by atoms with Gasteiger partial charge in [0.2, 0.25) is 21.8 Å². The Bertz CT molecular complexity index is 958. The molecule has 1 heterocycles. The Morgan fingerprint density at radius 1 is 1.12 bits per heavy atom. The highest BCUT2D eigenvalue weighted by molar-refractivity contribution is 7.88. The Balaban J connectivity index is 2.03. The number of ether oxygens (including phenoxy) is 2. The fraction of sp³-hybridized carbons (Fsp3) is 0.636. The lowest BCUT2D eigenvalue weighted by atomic mass is 9.93. The molecule has 1 saturated heterocycles. The maximum Gasteiger partial charge on any atom is 0.247 e. The maximum atomic E-state index is 13.6. The number of piperazine rings is 1. The van der Waals surface area contributed by atoms with Gasteiger partial charge in [-0.05, 0) is 31.9 Å². The van der Waals surface area contributed by atoms with E-state index in [1.54, 1.807) is 25.1 Å². The second-order valence-corrected chi connectivity index (χ2v) is 10.7. The number of anilines is 1. The highest BCUT2D eigenvalue weighted by Gasteiger charge is 2.51. The molecule has 3 rings (SSSR count). The molecule has 0 radical (unpaired) electrons. The largest absolute Gasteiger partial charge is 0.497 e. The van der Waals surface area contributed by atoms with Gasteiger partial charge in [-0.15, -0.1) is 0 Å². The molecule has 1 aromatic carbocycles. The molecule has 178 valence electrons. The van der Waals surface area contributed by atoms with E-state index in [2.05, 4.69) is 5.32 Å². The van der Waals surface area contributed by atoms with Crippen molar-refractivity contribution in [1.29, 1.82) is 0 Å². The van der Waals surface area contributed by atoms with Crippen LogP contribution in [0.15, 0.2) is 18.2 Å². The number of hydrogen-bond donors (Lipinski definition) is 1. The molecule has 1 saturated carbocycles. The minimum absolute atomic E-state index is 0.00477. The summed E-state index contributed by atoms with van der Waals surface area (Å²) in [5.41, 5.74) is -1.06. The van der Waals surface area contributed by atoms with Crippen LogP contribution in [-0.4, -0.2) is 69.7 Å². The Kier molecular flexibility index (Phi) is 7.34. The highest BCUT2D eigenvalue weighted by atomic mass is 32.2. The van der Waals surface area contributed by atoms with Gasteiger partial charge in [-0.1, -0.05) is 25.7 Å². The van der Waals surface area contributed by atoms with Crippen molar-refractivity contribution in [3.8, 4) is 11.5 Å². The van der Waals surface area contributed by atoms with Gasteiger partial charge < -0.3 is 14.8 Å². The number of hydrogen-bond acceptors (Lipinski definition) is 6. The van der Waals surface area contributed by atoms with Crippen molar-refractivity contribution in [2.45, 2.75) is 57.0 Å². The number of carbonyl (C=O) groups excluding carboxylic acids is 2. The predicted octanol–water partition coefficient (Wildman–Crippen LogP) is 1.91. The third-order valence-electron chi connectivity index (χ3n) is 6.32. The molecule has 32 heavy (non-hydrogen) atoms. The van der Waals surface area contributed by atoms with E-state index in [1.807, 2.05) is 0 Å². The van der Waals surface area contributed by atoms with Gasteiger partial charge in [0, 0.05) is 18.7 Å². The monoisotopic (exact) mass is 467 g/mol. The zero-order chi connectivity index (χ0) is 23.5. The van der Waals surface area contributed by atoms with Gasteiger partial charge in [-0.25, -0.2) is 8.42 Å². The maximum absolute atomic E-state index is 13.6. The highest BCUT2D eigenvalue weighted by Crippen LogP contribution is 2.38. The van der Waals surface area contributed by atoms with Gasteiger partial charge in [-0.2, -0.15) is 4.31 Å². The van der Waals surface area contributed by atoms with Crippen LogP contribution in [0.1, 0.15) is 45.4 Å². The van der Waals surface area contributed by atoms with Crippen molar-refractivity contribution in [2.75, 3.05) is 38.5 Å². The van der Waals surface area contributed by atoms with Crippen molar-refractivity contribution < 1.29 is 27.5 Å². The number of sulfonamides is 1. The van der Waals surface area contributed by atoms with Crippen LogP contribution in [0.2, 0.25) is 0 Å². The van der Waals surface area contributed by atoms with Crippen molar-refractivity contribution in [3.05, 3.63) is 18.2 Å². The van der Waals surface area contributed by atoms with E-state index in [1.165, 1.54) is 19.1 Å². The molecule has 1 N–H and O–H groups in total. The first kappa shape index (κ1) is 24.3. The van der Waals surface area contributed by atoms with Gasteiger partial charge in [0.05, 0.1) is 32.7 Å². The van der Waals surface area contributed by atoms with Gasteiger partial charge in [0.15, 0.2) is 0 Å². The van der Waals surface area contributed by atoms with Gasteiger partial charge in [0.1, 0.15) is 17.0 Å². The number of nitrogens with one attached hydrogen (secondary N) is 1. The fourth-order valence-electron chi connectivity index (χ4n) is 4.51. The van der Waals surface area contributed by atoms with Crippen LogP contribution in [0, 0.1) is 0 Å². The SMILES string of the molecule is COc1ccc(N2C(=O)CN(S(C)(=O)=O)C[C@@]2(C)C(=O)NC2CCCCCC2)c(OC)c1. The number of amides is 2. The summed E-state index contributed by atoms with van der Waals surface area (Å²) in [6.45, 7) is 1.11. The average Bonchev–Trinajstić information content (AvgIpc) is 3.01. The molecule has 1 atom stereocenters. The van der Waals surface area contributed by atoms with E-state index in [0.717, 1.165) is 49.1 Å². The normalized spacial score (nSPS) is 23.5. The Labute approximate surface area is 190 Å². The zero-order valence-electron chi connectivity index (χ0n) is 19.2. The van der Waals surface area contributed by atoms with Crippen LogP contribution in [0.5, 0.6) is 11.5 Å². The van der Waals surface area contributed by atoms with Crippen LogP contribution in [-0.2, 0) is 19.6 Å². The van der Waals surface area contributed by atoms with E-state index in [9.17, 15) is 18.0 Å². The van der Waals surface area contributed by atoms with Crippen LogP contribution in [0.4, 0.5) is 5.69 Å². The second-order valence-electron chi connectivity index (χ2n) is 8.73. The quantitative estimate of drug-likeness (QED) is 0.641. The van der Waals surface area contributed by atoms with Gasteiger partial charge in [-0.3, -0.25) is 14.5 Å². The zero-order valence-corrected chi connectivity index (χ0v) is 20.0. The smallest absolute Gasteiger partial charge is 0.247 e. The molecule has 10 heteroatoms. The first-order valence-corrected chi connectivity index (χ1v) is 12.8. The molecule has 1 aliphatic carbocycles. The van der Waals surface area contributed by atoms with Crippen molar-refractivity contribution in [3.63, 3.8) is 0 Å². The molecule has 1 aliphatic heterocycles. The number of methoxy groups -OCH3 is 2. The number of benzene rings is 1. The van der Waals surface area contributed by atoms with E-state index >= 15 is 0 Å².